The number of nitrogens with zero attached hydrogens (tertiary/aromatic N) is 1. The monoisotopic (exact) mass is 218 g/mol. The molecule has 0 heterocycles. The lowest BCUT2D eigenvalue weighted by atomic mass is 10.1. The van der Waals surface area contributed by atoms with Crippen LogP contribution in [0.1, 0.15) is 20.3 Å². The van der Waals surface area contributed by atoms with E-state index < -0.39 is 29.9 Å². The predicted molar refractivity (Wildman–Crippen MR) is 54.2 cm³/mol. The maximum Gasteiger partial charge on any atom is 0.305 e. The van der Waals surface area contributed by atoms with Crippen LogP contribution in [0.3, 0.4) is 0 Å². The quantitative estimate of drug-likeness (QED) is 0.550. The molecule has 15 heavy (non-hydrogen) atoms. The van der Waals surface area contributed by atoms with Gasteiger partial charge in [0.05, 0.1) is 18.1 Å². The number of carbonyl (C=O) groups is 2. The summed E-state index contributed by atoms with van der Waals surface area (Å²) in [6.45, 7) is 3.22. The van der Waals surface area contributed by atoms with E-state index in [2.05, 4.69) is 0 Å². The van der Waals surface area contributed by atoms with Gasteiger partial charge in [0.25, 0.3) is 0 Å². The van der Waals surface area contributed by atoms with Crippen molar-refractivity contribution in [2.24, 2.45) is 5.73 Å². The van der Waals surface area contributed by atoms with Gasteiger partial charge >= 0.3 is 5.97 Å². The Bertz CT molecular complexity index is 247. The Labute approximate surface area is 88.7 Å². The van der Waals surface area contributed by atoms with Crippen molar-refractivity contribution in [2.75, 3.05) is 13.6 Å². The number of carboxylic acids is 1. The largest absolute Gasteiger partial charge is 0.481 e. The average molecular weight is 218 g/mol. The van der Waals surface area contributed by atoms with Crippen LogP contribution in [0.5, 0.6) is 0 Å². The normalized spacial score (nSPS) is 13.4. The van der Waals surface area contributed by atoms with Crippen LogP contribution in [0.4, 0.5) is 0 Å². The molecule has 1 amide bonds. The van der Waals surface area contributed by atoms with Crippen LogP contribution in [-0.2, 0) is 9.59 Å². The maximum absolute atomic E-state index is 11.5. The number of nitrogens with two attached hydrogens (primary N) is 1. The molecule has 0 bridgehead atoms. The summed E-state index contributed by atoms with van der Waals surface area (Å²) < 4.78 is 0. The summed E-state index contributed by atoms with van der Waals surface area (Å²) in [6.07, 6.45) is -0.408. The molecule has 0 aromatic heterocycles. The lowest BCUT2D eigenvalue weighted by Gasteiger charge is -2.27. The number of aliphatic carboxylic acids is 1. The van der Waals surface area contributed by atoms with Gasteiger partial charge in [-0.2, -0.15) is 0 Å². The molecule has 0 saturated heterocycles. The first kappa shape index (κ1) is 13.9. The zero-order valence-electron chi connectivity index (χ0n) is 9.23. The number of carboxylic acid groups (broad SMARTS) is 1. The van der Waals surface area contributed by atoms with E-state index in [1.54, 1.807) is 13.8 Å². The van der Waals surface area contributed by atoms with E-state index in [1.807, 2.05) is 0 Å². The van der Waals surface area contributed by atoms with Gasteiger partial charge in [0.2, 0.25) is 5.91 Å². The standard InChI is InChI=1S/C9H18N2O4/c1-9(2,15)5-11(3)8(14)6(10)4-7(12)13/h6,15H,4-5,10H2,1-3H3,(H,12,13). The van der Waals surface area contributed by atoms with Gasteiger partial charge in [0.15, 0.2) is 0 Å². The van der Waals surface area contributed by atoms with E-state index >= 15 is 0 Å². The third-order valence-corrected chi connectivity index (χ3v) is 1.71. The van der Waals surface area contributed by atoms with E-state index in [4.69, 9.17) is 10.8 Å². The Hall–Kier alpha value is -1.14. The fraction of sp³-hybridized carbons (Fsp3) is 0.778. The van der Waals surface area contributed by atoms with Crippen molar-refractivity contribution in [3.05, 3.63) is 0 Å². The molecule has 0 fully saturated rings. The molecular weight excluding hydrogens is 200 g/mol. The topological polar surface area (TPSA) is 104 Å². The van der Waals surface area contributed by atoms with Crippen LogP contribution >= 0.6 is 0 Å². The molecule has 0 aromatic rings. The van der Waals surface area contributed by atoms with Crippen molar-refractivity contribution in [2.45, 2.75) is 31.9 Å². The second kappa shape index (κ2) is 5.09. The molecule has 0 aromatic carbocycles. The lowest BCUT2D eigenvalue weighted by molar-refractivity contribution is -0.142. The fourth-order valence-corrected chi connectivity index (χ4v) is 1.22. The molecule has 0 radical (unpaired) electrons. The summed E-state index contributed by atoms with van der Waals surface area (Å²) in [4.78, 5) is 23.0. The highest BCUT2D eigenvalue weighted by molar-refractivity contribution is 5.85. The second-order valence-corrected chi connectivity index (χ2v) is 4.21. The molecule has 0 rings (SSSR count). The molecule has 0 saturated carbocycles. The maximum atomic E-state index is 11.5. The molecule has 1 atom stereocenters. The average Bonchev–Trinajstić information content (AvgIpc) is 1.98. The molecule has 0 aliphatic rings. The zero-order valence-corrected chi connectivity index (χ0v) is 9.23. The van der Waals surface area contributed by atoms with Gasteiger partial charge in [0, 0.05) is 13.6 Å². The summed E-state index contributed by atoms with van der Waals surface area (Å²) >= 11 is 0. The minimum atomic E-state index is -1.12. The summed E-state index contributed by atoms with van der Waals surface area (Å²) in [5, 5.41) is 17.9. The van der Waals surface area contributed by atoms with Gasteiger partial charge in [0.1, 0.15) is 0 Å². The highest BCUT2D eigenvalue weighted by Crippen LogP contribution is 2.05. The highest BCUT2D eigenvalue weighted by atomic mass is 16.4. The Morgan fingerprint density at radius 1 is 1.47 bits per heavy atom. The first-order valence-electron chi connectivity index (χ1n) is 4.58. The number of carbonyl (C=O) groups excluding carboxylic acids is 1. The molecule has 0 aliphatic heterocycles. The zero-order chi connectivity index (χ0) is 12.2. The van der Waals surface area contributed by atoms with Crippen LogP contribution in [0.15, 0.2) is 0 Å². The molecule has 6 nitrogen and oxygen atoms in total. The van der Waals surface area contributed by atoms with Crippen LogP contribution in [0, 0.1) is 0 Å². The van der Waals surface area contributed by atoms with Crippen LogP contribution in [-0.4, -0.2) is 52.2 Å². The Kier molecular flexibility index (Phi) is 4.70. The lowest BCUT2D eigenvalue weighted by Crippen LogP contribution is -2.47. The van der Waals surface area contributed by atoms with Crippen LogP contribution in [0.25, 0.3) is 0 Å². The van der Waals surface area contributed by atoms with Gasteiger partial charge < -0.3 is 20.8 Å². The van der Waals surface area contributed by atoms with Crippen molar-refractivity contribution in [1.82, 2.24) is 4.90 Å². The molecule has 4 N–H and O–H groups in total. The van der Waals surface area contributed by atoms with E-state index in [0.29, 0.717) is 0 Å². The van der Waals surface area contributed by atoms with E-state index in [9.17, 15) is 14.7 Å². The van der Waals surface area contributed by atoms with Gasteiger partial charge in [-0.15, -0.1) is 0 Å². The van der Waals surface area contributed by atoms with Gasteiger partial charge in [-0.3, -0.25) is 9.59 Å². The molecule has 88 valence electrons. The minimum Gasteiger partial charge on any atom is -0.481 e. The van der Waals surface area contributed by atoms with Crippen LogP contribution < -0.4 is 5.73 Å². The van der Waals surface area contributed by atoms with Crippen molar-refractivity contribution in [1.29, 1.82) is 0 Å². The first-order valence-corrected chi connectivity index (χ1v) is 4.58. The SMILES string of the molecule is CN(CC(C)(C)O)C(=O)C(N)CC(=O)O. The number of amides is 1. The number of hydrogen-bond acceptors (Lipinski definition) is 4. The third-order valence-electron chi connectivity index (χ3n) is 1.71. The summed E-state index contributed by atoms with van der Waals surface area (Å²) in [6, 6.07) is -1.06. The molecule has 0 spiro atoms. The van der Waals surface area contributed by atoms with Gasteiger partial charge in [-0.25, -0.2) is 0 Å². The van der Waals surface area contributed by atoms with E-state index in [-0.39, 0.29) is 6.54 Å². The van der Waals surface area contributed by atoms with Crippen molar-refractivity contribution in [3.63, 3.8) is 0 Å². The summed E-state index contributed by atoms with van der Waals surface area (Å²) in [5.74, 6) is -1.60. The first-order chi connectivity index (χ1) is 6.63. The number of aliphatic hydroxyl groups is 1. The Morgan fingerprint density at radius 2 is 1.93 bits per heavy atom. The Morgan fingerprint density at radius 3 is 2.27 bits per heavy atom. The van der Waals surface area contributed by atoms with E-state index in [0.717, 1.165) is 0 Å². The van der Waals surface area contributed by atoms with Crippen molar-refractivity contribution in [3.8, 4) is 0 Å². The van der Waals surface area contributed by atoms with Crippen LogP contribution in [0.2, 0.25) is 0 Å². The summed E-state index contributed by atoms with van der Waals surface area (Å²) in [7, 11) is 1.47. The Balaban J connectivity index is 4.26. The van der Waals surface area contributed by atoms with Crippen molar-refractivity contribution >= 4 is 11.9 Å². The van der Waals surface area contributed by atoms with E-state index in [1.165, 1.54) is 11.9 Å². The molecule has 6 heteroatoms. The smallest absolute Gasteiger partial charge is 0.305 e. The summed E-state index contributed by atoms with van der Waals surface area (Å²) in [5.41, 5.74) is 4.36. The number of hydrogen-bond donors (Lipinski definition) is 3. The van der Waals surface area contributed by atoms with Gasteiger partial charge in [-0.1, -0.05) is 0 Å². The third kappa shape index (κ3) is 6.03. The highest BCUT2D eigenvalue weighted by Gasteiger charge is 2.24. The second-order valence-electron chi connectivity index (χ2n) is 4.21. The molecule has 1 unspecified atom stereocenters. The van der Waals surface area contributed by atoms with Crippen molar-refractivity contribution < 1.29 is 19.8 Å². The minimum absolute atomic E-state index is 0.110. The number of rotatable bonds is 5. The predicted octanol–water partition coefficient (Wildman–Crippen LogP) is -0.982. The molecule has 0 aliphatic carbocycles. The molecular formula is C9H18N2O4. The number of likely N-dealkylation sites (N-methyl/N-ethyl adjacent to an activating group) is 1. The fourth-order valence-electron chi connectivity index (χ4n) is 1.22. The van der Waals surface area contributed by atoms with Gasteiger partial charge in [-0.05, 0) is 13.8 Å².